The maximum atomic E-state index is 12.6. The number of amides is 1. The SMILES string of the molecule is CCOC(=O)c1c(C)c(CCC(=O)N2CCN(CC)CC2)n(CC)c1C. The normalized spacial score (nSPS) is 15.3. The third-order valence-corrected chi connectivity index (χ3v) is 5.44. The molecule has 1 amide bonds. The molecule has 1 aliphatic rings. The summed E-state index contributed by atoms with van der Waals surface area (Å²) < 4.78 is 7.35. The summed E-state index contributed by atoms with van der Waals surface area (Å²) in [6.07, 6.45) is 1.14. The van der Waals surface area contributed by atoms with E-state index >= 15 is 0 Å². The average Bonchev–Trinajstić information content (AvgIpc) is 2.89. The number of hydrogen-bond donors (Lipinski definition) is 0. The van der Waals surface area contributed by atoms with Crippen molar-refractivity contribution in [1.82, 2.24) is 14.4 Å². The average molecular weight is 364 g/mol. The summed E-state index contributed by atoms with van der Waals surface area (Å²) >= 11 is 0. The Labute approximate surface area is 157 Å². The van der Waals surface area contributed by atoms with Crippen LogP contribution in [0.4, 0.5) is 0 Å². The molecule has 146 valence electrons. The molecule has 0 aliphatic carbocycles. The van der Waals surface area contributed by atoms with Crippen molar-refractivity contribution in [3.63, 3.8) is 0 Å². The molecule has 1 saturated heterocycles. The molecule has 0 atom stereocenters. The van der Waals surface area contributed by atoms with E-state index in [1.807, 2.05) is 25.7 Å². The van der Waals surface area contributed by atoms with E-state index < -0.39 is 0 Å². The van der Waals surface area contributed by atoms with Crippen LogP contribution in [-0.2, 0) is 22.5 Å². The smallest absolute Gasteiger partial charge is 0.340 e. The van der Waals surface area contributed by atoms with Crippen LogP contribution in [0.25, 0.3) is 0 Å². The lowest BCUT2D eigenvalue weighted by molar-refractivity contribution is -0.132. The molecule has 6 heteroatoms. The zero-order valence-corrected chi connectivity index (χ0v) is 16.9. The molecular weight excluding hydrogens is 330 g/mol. The first-order chi connectivity index (χ1) is 12.4. The number of ether oxygens (including phenoxy) is 1. The molecule has 1 aromatic heterocycles. The third kappa shape index (κ3) is 4.29. The van der Waals surface area contributed by atoms with Crippen molar-refractivity contribution < 1.29 is 14.3 Å². The predicted molar refractivity (Wildman–Crippen MR) is 103 cm³/mol. The highest BCUT2D eigenvalue weighted by Gasteiger charge is 2.24. The lowest BCUT2D eigenvalue weighted by Gasteiger charge is -2.34. The van der Waals surface area contributed by atoms with E-state index in [0.29, 0.717) is 25.0 Å². The van der Waals surface area contributed by atoms with Gasteiger partial charge in [-0.15, -0.1) is 0 Å². The zero-order chi connectivity index (χ0) is 19.3. The minimum absolute atomic E-state index is 0.208. The van der Waals surface area contributed by atoms with Gasteiger partial charge in [-0.2, -0.15) is 0 Å². The van der Waals surface area contributed by atoms with Gasteiger partial charge in [-0.25, -0.2) is 4.79 Å². The molecule has 2 heterocycles. The molecule has 6 nitrogen and oxygen atoms in total. The number of esters is 1. The molecule has 0 unspecified atom stereocenters. The third-order valence-electron chi connectivity index (χ3n) is 5.44. The summed E-state index contributed by atoms with van der Waals surface area (Å²) in [5.41, 5.74) is 3.62. The second-order valence-corrected chi connectivity index (χ2v) is 6.81. The number of hydrogen-bond acceptors (Lipinski definition) is 4. The van der Waals surface area contributed by atoms with Crippen LogP contribution in [0.1, 0.15) is 54.5 Å². The van der Waals surface area contributed by atoms with Gasteiger partial charge in [0.1, 0.15) is 0 Å². The monoisotopic (exact) mass is 363 g/mol. The molecule has 0 bridgehead atoms. The highest BCUT2D eigenvalue weighted by Crippen LogP contribution is 2.24. The minimum atomic E-state index is -0.266. The first-order valence-corrected chi connectivity index (χ1v) is 9.80. The Hall–Kier alpha value is -1.82. The molecule has 0 spiro atoms. The fourth-order valence-corrected chi connectivity index (χ4v) is 3.91. The highest BCUT2D eigenvalue weighted by atomic mass is 16.5. The van der Waals surface area contributed by atoms with Crippen LogP contribution < -0.4 is 0 Å². The first kappa shape index (κ1) is 20.5. The fourth-order valence-electron chi connectivity index (χ4n) is 3.91. The van der Waals surface area contributed by atoms with Gasteiger partial charge in [0, 0.05) is 50.5 Å². The predicted octanol–water partition coefficient (Wildman–Crippen LogP) is 2.40. The van der Waals surface area contributed by atoms with Crippen molar-refractivity contribution in [2.75, 3.05) is 39.3 Å². The van der Waals surface area contributed by atoms with Gasteiger partial charge >= 0.3 is 5.97 Å². The van der Waals surface area contributed by atoms with Crippen LogP contribution in [0, 0.1) is 13.8 Å². The molecule has 2 rings (SSSR count). The van der Waals surface area contributed by atoms with Gasteiger partial charge in [-0.1, -0.05) is 6.92 Å². The summed E-state index contributed by atoms with van der Waals surface area (Å²) in [6, 6.07) is 0. The lowest BCUT2D eigenvalue weighted by atomic mass is 10.1. The van der Waals surface area contributed by atoms with Gasteiger partial charge in [-0.05, 0) is 46.2 Å². The summed E-state index contributed by atoms with van der Waals surface area (Å²) in [7, 11) is 0. The van der Waals surface area contributed by atoms with Crippen molar-refractivity contribution >= 4 is 11.9 Å². The second-order valence-electron chi connectivity index (χ2n) is 6.81. The summed E-state index contributed by atoms with van der Waals surface area (Å²) in [5.74, 6) is -0.0580. The number of carbonyl (C=O) groups excluding carboxylic acids is 2. The molecule has 1 fully saturated rings. The van der Waals surface area contributed by atoms with E-state index in [2.05, 4.69) is 23.3 Å². The van der Waals surface area contributed by atoms with Gasteiger partial charge in [0.15, 0.2) is 0 Å². The number of rotatable bonds is 7. The van der Waals surface area contributed by atoms with Crippen LogP contribution in [0.3, 0.4) is 0 Å². The second kappa shape index (κ2) is 9.21. The topological polar surface area (TPSA) is 54.8 Å². The Bertz CT molecular complexity index is 643. The number of aromatic nitrogens is 1. The fraction of sp³-hybridized carbons (Fsp3) is 0.700. The van der Waals surface area contributed by atoms with Crippen molar-refractivity contribution in [3.05, 3.63) is 22.5 Å². The lowest BCUT2D eigenvalue weighted by Crippen LogP contribution is -2.48. The summed E-state index contributed by atoms with van der Waals surface area (Å²) in [6.45, 7) is 15.7. The van der Waals surface area contributed by atoms with Crippen LogP contribution in [0.15, 0.2) is 0 Å². The van der Waals surface area contributed by atoms with E-state index in [0.717, 1.165) is 56.2 Å². The van der Waals surface area contributed by atoms with Gasteiger partial charge in [-0.3, -0.25) is 4.79 Å². The molecule has 0 saturated carbocycles. The Balaban J connectivity index is 2.08. The van der Waals surface area contributed by atoms with E-state index in [9.17, 15) is 9.59 Å². The van der Waals surface area contributed by atoms with Crippen LogP contribution >= 0.6 is 0 Å². The van der Waals surface area contributed by atoms with Crippen LogP contribution in [-0.4, -0.2) is 65.6 Å². The maximum absolute atomic E-state index is 12.6. The van der Waals surface area contributed by atoms with Crippen molar-refractivity contribution in [2.45, 2.75) is 54.0 Å². The largest absolute Gasteiger partial charge is 0.462 e. The first-order valence-electron chi connectivity index (χ1n) is 9.80. The molecular formula is C20H33N3O3. The van der Waals surface area contributed by atoms with Crippen molar-refractivity contribution in [1.29, 1.82) is 0 Å². The number of carbonyl (C=O) groups is 2. The Morgan fingerprint density at radius 2 is 1.65 bits per heavy atom. The zero-order valence-electron chi connectivity index (χ0n) is 16.9. The Morgan fingerprint density at radius 1 is 1.00 bits per heavy atom. The standard InChI is InChI=1S/C20H33N3O3/c1-6-21-11-13-22(14-12-21)18(24)10-9-17-15(4)19(20(25)26-8-3)16(5)23(17)7-2/h6-14H2,1-5H3. The summed E-state index contributed by atoms with van der Waals surface area (Å²) in [4.78, 5) is 29.2. The van der Waals surface area contributed by atoms with E-state index in [1.54, 1.807) is 0 Å². The number of nitrogens with zero attached hydrogens (tertiary/aromatic N) is 3. The molecule has 1 aliphatic heterocycles. The van der Waals surface area contributed by atoms with E-state index in [1.165, 1.54) is 0 Å². The Kier molecular flexibility index (Phi) is 7.26. The van der Waals surface area contributed by atoms with Gasteiger partial charge in [0.05, 0.1) is 12.2 Å². The molecule has 1 aromatic rings. The molecule has 0 radical (unpaired) electrons. The number of likely N-dealkylation sites (N-methyl/N-ethyl adjacent to an activating group) is 1. The molecule has 26 heavy (non-hydrogen) atoms. The number of piperazine rings is 1. The summed E-state index contributed by atoms with van der Waals surface area (Å²) in [5, 5.41) is 0. The van der Waals surface area contributed by atoms with Crippen LogP contribution in [0.2, 0.25) is 0 Å². The maximum Gasteiger partial charge on any atom is 0.340 e. The Morgan fingerprint density at radius 3 is 2.19 bits per heavy atom. The van der Waals surface area contributed by atoms with Gasteiger partial charge in [0.2, 0.25) is 5.91 Å². The van der Waals surface area contributed by atoms with E-state index in [-0.39, 0.29) is 11.9 Å². The quantitative estimate of drug-likeness (QED) is 0.698. The van der Waals surface area contributed by atoms with Crippen molar-refractivity contribution in [2.24, 2.45) is 0 Å². The van der Waals surface area contributed by atoms with Crippen molar-refractivity contribution in [3.8, 4) is 0 Å². The molecule has 0 aromatic carbocycles. The highest BCUT2D eigenvalue weighted by molar-refractivity contribution is 5.93. The molecule has 0 N–H and O–H groups in total. The van der Waals surface area contributed by atoms with Gasteiger partial charge in [0.25, 0.3) is 0 Å². The van der Waals surface area contributed by atoms with Gasteiger partial charge < -0.3 is 19.1 Å². The minimum Gasteiger partial charge on any atom is -0.462 e. The van der Waals surface area contributed by atoms with Crippen LogP contribution in [0.5, 0.6) is 0 Å². The van der Waals surface area contributed by atoms with E-state index in [4.69, 9.17) is 4.74 Å².